The van der Waals surface area contributed by atoms with Crippen molar-refractivity contribution in [3.05, 3.63) is 72.4 Å². The fourth-order valence-electron chi connectivity index (χ4n) is 3.09. The van der Waals surface area contributed by atoms with Gasteiger partial charge in [0.2, 0.25) is 5.95 Å². The molecule has 1 aliphatic heterocycles. The molecule has 6 bridgehead atoms. The Morgan fingerprint density at radius 3 is 2.97 bits per heavy atom. The number of benzene rings is 2. The topological polar surface area (TPSA) is 65.5 Å². The van der Waals surface area contributed by atoms with E-state index in [4.69, 9.17) is 14.2 Å². The lowest BCUT2D eigenvalue weighted by Crippen LogP contribution is -2.02. The number of anilines is 2. The Kier molecular flexibility index (Phi) is 6.02. The van der Waals surface area contributed by atoms with Gasteiger partial charge in [-0.1, -0.05) is 24.3 Å². The third-order valence-corrected chi connectivity index (χ3v) is 4.51. The van der Waals surface area contributed by atoms with E-state index in [-0.39, 0.29) is 0 Å². The summed E-state index contributed by atoms with van der Waals surface area (Å²) in [6.45, 7) is 1.58. The average Bonchev–Trinajstić information content (AvgIpc) is 2.76. The lowest BCUT2D eigenvalue weighted by molar-refractivity contribution is 0.146. The number of aromatic nitrogens is 2. The predicted molar refractivity (Wildman–Crippen MR) is 113 cm³/mol. The molecule has 3 aromatic rings. The summed E-state index contributed by atoms with van der Waals surface area (Å²) < 4.78 is 17.1. The lowest BCUT2D eigenvalue weighted by Gasteiger charge is -2.13. The van der Waals surface area contributed by atoms with Crippen molar-refractivity contribution in [1.82, 2.24) is 9.97 Å². The van der Waals surface area contributed by atoms with Gasteiger partial charge in [-0.05, 0) is 42.8 Å². The molecule has 0 amide bonds. The van der Waals surface area contributed by atoms with Crippen LogP contribution in [0.2, 0.25) is 0 Å². The second-order valence-electron chi connectivity index (χ2n) is 6.57. The van der Waals surface area contributed by atoms with Crippen LogP contribution in [0, 0.1) is 0 Å². The molecule has 1 aliphatic rings. The molecule has 0 atom stereocenters. The van der Waals surface area contributed by atoms with Gasteiger partial charge < -0.3 is 19.5 Å². The van der Waals surface area contributed by atoms with E-state index in [1.807, 2.05) is 54.6 Å². The Morgan fingerprint density at radius 1 is 1.07 bits per heavy atom. The molecule has 0 unspecified atom stereocenters. The third kappa shape index (κ3) is 4.92. The van der Waals surface area contributed by atoms with Crippen molar-refractivity contribution in [3.63, 3.8) is 0 Å². The summed E-state index contributed by atoms with van der Waals surface area (Å²) >= 11 is 0. The number of nitrogens with one attached hydrogen (secondary N) is 1. The quantitative estimate of drug-likeness (QED) is 0.606. The zero-order valence-electron chi connectivity index (χ0n) is 16.3. The van der Waals surface area contributed by atoms with Crippen LogP contribution in [0.3, 0.4) is 0 Å². The van der Waals surface area contributed by atoms with Gasteiger partial charge in [-0.3, -0.25) is 0 Å². The van der Waals surface area contributed by atoms with Gasteiger partial charge in [0.1, 0.15) is 11.5 Å². The second kappa shape index (κ2) is 9.21. The minimum Gasteiger partial charge on any atom is -0.496 e. The van der Waals surface area contributed by atoms with Crippen LogP contribution in [0.5, 0.6) is 11.5 Å². The molecule has 0 spiro atoms. The summed E-state index contributed by atoms with van der Waals surface area (Å²) in [5, 5.41) is 3.27. The van der Waals surface area contributed by atoms with Crippen molar-refractivity contribution in [2.24, 2.45) is 0 Å². The first-order chi connectivity index (χ1) is 14.3. The van der Waals surface area contributed by atoms with Crippen molar-refractivity contribution in [2.45, 2.75) is 13.0 Å². The summed E-state index contributed by atoms with van der Waals surface area (Å²) in [4.78, 5) is 9.00. The molecule has 0 saturated carbocycles. The van der Waals surface area contributed by atoms with Crippen molar-refractivity contribution < 1.29 is 14.2 Å². The monoisotopic (exact) mass is 389 g/mol. The molecule has 6 heteroatoms. The van der Waals surface area contributed by atoms with Crippen LogP contribution in [0.25, 0.3) is 11.3 Å². The van der Waals surface area contributed by atoms with E-state index < -0.39 is 0 Å². The molecule has 1 aromatic heterocycles. The molecule has 6 nitrogen and oxygen atoms in total. The minimum absolute atomic E-state index is 0.449. The van der Waals surface area contributed by atoms with Crippen LogP contribution in [0.4, 0.5) is 11.6 Å². The standard InChI is InChI=1S/C23H23N3O3/c1-27-22-9-8-19-14-18(22)16-28-12-3-2-4-13-29-20-7-5-6-17(15-20)21-10-11-24-23(25-19)26-21/h2-3,5-11,14-15H,4,12-13,16H2,1H3,(H,24,25,26)/b3-2+. The molecular weight excluding hydrogens is 366 g/mol. The van der Waals surface area contributed by atoms with E-state index in [1.54, 1.807) is 13.3 Å². The highest BCUT2D eigenvalue weighted by atomic mass is 16.5. The van der Waals surface area contributed by atoms with Crippen molar-refractivity contribution >= 4 is 11.6 Å². The number of hydrogen-bond acceptors (Lipinski definition) is 6. The smallest absolute Gasteiger partial charge is 0.227 e. The summed E-state index contributed by atoms with van der Waals surface area (Å²) in [5.41, 5.74) is 3.63. The fraction of sp³-hybridized carbons (Fsp3) is 0.217. The molecular formula is C23H23N3O3. The number of ether oxygens (including phenoxy) is 3. The largest absolute Gasteiger partial charge is 0.496 e. The molecule has 148 valence electrons. The highest BCUT2D eigenvalue weighted by molar-refractivity contribution is 5.64. The van der Waals surface area contributed by atoms with Gasteiger partial charge in [0.05, 0.1) is 32.6 Å². The highest BCUT2D eigenvalue weighted by Gasteiger charge is 2.08. The lowest BCUT2D eigenvalue weighted by atomic mass is 10.1. The van der Waals surface area contributed by atoms with Gasteiger partial charge in [-0.25, -0.2) is 9.97 Å². The summed E-state index contributed by atoms with van der Waals surface area (Å²) in [6, 6.07) is 15.7. The van der Waals surface area contributed by atoms with E-state index in [0.717, 1.165) is 40.4 Å². The third-order valence-electron chi connectivity index (χ3n) is 4.51. The minimum atomic E-state index is 0.449. The Bertz CT molecular complexity index is 1000. The fourth-order valence-corrected chi connectivity index (χ4v) is 3.09. The average molecular weight is 389 g/mol. The number of rotatable bonds is 1. The maximum Gasteiger partial charge on any atom is 0.227 e. The van der Waals surface area contributed by atoms with E-state index >= 15 is 0 Å². The number of fused-ring (bicyclic) bond motifs is 7. The van der Waals surface area contributed by atoms with Crippen LogP contribution in [0.1, 0.15) is 12.0 Å². The molecule has 0 saturated heterocycles. The number of nitrogens with zero attached hydrogens (tertiary/aromatic N) is 2. The Hall–Kier alpha value is -3.38. The second-order valence-corrected chi connectivity index (χ2v) is 6.57. The zero-order chi connectivity index (χ0) is 19.9. The normalized spacial score (nSPS) is 15.2. The van der Waals surface area contributed by atoms with Gasteiger partial charge >= 0.3 is 0 Å². The molecule has 29 heavy (non-hydrogen) atoms. The van der Waals surface area contributed by atoms with E-state index in [9.17, 15) is 0 Å². The zero-order valence-corrected chi connectivity index (χ0v) is 16.3. The predicted octanol–water partition coefficient (Wildman–Crippen LogP) is 4.75. The van der Waals surface area contributed by atoms with Crippen LogP contribution >= 0.6 is 0 Å². The van der Waals surface area contributed by atoms with Gasteiger partial charge in [0.15, 0.2) is 0 Å². The van der Waals surface area contributed by atoms with Crippen LogP contribution < -0.4 is 14.8 Å². The van der Waals surface area contributed by atoms with Crippen LogP contribution in [0.15, 0.2) is 66.9 Å². The Morgan fingerprint density at radius 2 is 2.03 bits per heavy atom. The van der Waals surface area contributed by atoms with Gasteiger partial charge in [-0.15, -0.1) is 0 Å². The summed E-state index contributed by atoms with van der Waals surface area (Å²) in [7, 11) is 1.66. The van der Waals surface area contributed by atoms with E-state index in [1.165, 1.54) is 0 Å². The van der Waals surface area contributed by atoms with Crippen molar-refractivity contribution in [2.75, 3.05) is 25.6 Å². The molecule has 0 aliphatic carbocycles. The van der Waals surface area contributed by atoms with Gasteiger partial charge in [-0.2, -0.15) is 0 Å². The van der Waals surface area contributed by atoms with Gasteiger partial charge in [0.25, 0.3) is 0 Å². The summed E-state index contributed by atoms with van der Waals surface area (Å²) in [6.07, 6.45) is 6.64. The molecule has 0 radical (unpaired) electrons. The first-order valence-electron chi connectivity index (χ1n) is 9.55. The van der Waals surface area contributed by atoms with Gasteiger partial charge in [0, 0.05) is 23.0 Å². The van der Waals surface area contributed by atoms with E-state index in [2.05, 4.69) is 21.4 Å². The van der Waals surface area contributed by atoms with Crippen molar-refractivity contribution in [1.29, 1.82) is 0 Å². The van der Waals surface area contributed by atoms with Crippen LogP contribution in [-0.4, -0.2) is 30.3 Å². The molecule has 2 heterocycles. The molecule has 1 N–H and O–H groups in total. The maximum atomic E-state index is 5.86. The number of methoxy groups -OCH3 is 1. The highest BCUT2D eigenvalue weighted by Crippen LogP contribution is 2.27. The molecule has 2 aromatic carbocycles. The number of hydrogen-bond donors (Lipinski definition) is 1. The molecule has 0 fully saturated rings. The Labute approximate surface area is 170 Å². The molecule has 4 rings (SSSR count). The van der Waals surface area contributed by atoms with E-state index in [0.29, 0.717) is 25.8 Å². The van der Waals surface area contributed by atoms with Crippen LogP contribution in [-0.2, 0) is 11.3 Å². The Balaban J connectivity index is 1.68. The van der Waals surface area contributed by atoms with Crippen molar-refractivity contribution in [3.8, 4) is 22.8 Å². The SMILES string of the molecule is COc1ccc2cc1COC/C=C/CCOc1cccc(c1)-c1ccnc(n1)N2. The first kappa shape index (κ1) is 19.0. The maximum absolute atomic E-state index is 5.86. The first-order valence-corrected chi connectivity index (χ1v) is 9.55. The summed E-state index contributed by atoms with van der Waals surface area (Å²) in [5.74, 6) is 2.13.